The van der Waals surface area contributed by atoms with Crippen LogP contribution in [0.1, 0.15) is 33.8 Å². The molecule has 6 nitrogen and oxygen atoms in total. The van der Waals surface area contributed by atoms with E-state index in [0.717, 1.165) is 29.2 Å². The van der Waals surface area contributed by atoms with E-state index in [9.17, 15) is 4.79 Å². The predicted octanol–water partition coefficient (Wildman–Crippen LogP) is 6.08. The van der Waals surface area contributed by atoms with Gasteiger partial charge in [-0.1, -0.05) is 41.9 Å². The summed E-state index contributed by atoms with van der Waals surface area (Å²) in [7, 11) is 1.61. The first-order valence-corrected chi connectivity index (χ1v) is 12.9. The Morgan fingerprint density at radius 1 is 1.17 bits per heavy atom. The Kier molecular flexibility index (Phi) is 7.11. The maximum absolute atomic E-state index is 11.0. The van der Waals surface area contributed by atoms with Gasteiger partial charge in [0.05, 0.1) is 41.4 Å². The third kappa shape index (κ3) is 5.32. The van der Waals surface area contributed by atoms with Gasteiger partial charge in [0.25, 0.3) is 0 Å². The van der Waals surface area contributed by atoms with Crippen LogP contribution >= 0.6 is 22.9 Å². The molecule has 0 saturated carbocycles. The number of aryl methyl sites for hydroxylation is 1. The topological polar surface area (TPSA) is 74.7 Å². The molecule has 1 aliphatic heterocycles. The minimum absolute atomic E-state index is 0.0772. The van der Waals surface area contributed by atoms with E-state index in [-0.39, 0.29) is 6.42 Å². The van der Waals surface area contributed by atoms with Crippen molar-refractivity contribution >= 4 is 44.7 Å². The van der Waals surface area contributed by atoms with E-state index in [2.05, 4.69) is 40.7 Å². The van der Waals surface area contributed by atoms with Crippen LogP contribution in [0.25, 0.3) is 15.8 Å². The number of nitrogens with zero attached hydrogens (tertiary/aromatic N) is 2. The molecule has 0 saturated heterocycles. The summed E-state index contributed by atoms with van der Waals surface area (Å²) in [5, 5.41) is 14.5. The summed E-state index contributed by atoms with van der Waals surface area (Å²) in [6.07, 6.45) is 2.66. The summed E-state index contributed by atoms with van der Waals surface area (Å²) in [5.74, 6) is -0.153. The quantitative estimate of drug-likeness (QED) is 0.279. The highest BCUT2D eigenvalue weighted by Crippen LogP contribution is 2.39. The fourth-order valence-electron chi connectivity index (χ4n) is 4.41. The highest BCUT2D eigenvalue weighted by atomic mass is 35.5. The van der Waals surface area contributed by atoms with Gasteiger partial charge in [-0.15, -0.1) is 11.3 Å². The Morgan fingerprint density at radius 2 is 2.00 bits per heavy atom. The number of carbonyl (C=O) groups is 1. The van der Waals surface area contributed by atoms with E-state index in [0.29, 0.717) is 30.3 Å². The van der Waals surface area contributed by atoms with Gasteiger partial charge in [0, 0.05) is 36.1 Å². The van der Waals surface area contributed by atoms with E-state index < -0.39 is 5.97 Å². The van der Waals surface area contributed by atoms with Crippen molar-refractivity contribution in [1.29, 1.82) is 0 Å². The van der Waals surface area contributed by atoms with Crippen molar-refractivity contribution in [3.8, 4) is 5.75 Å². The van der Waals surface area contributed by atoms with Crippen molar-refractivity contribution < 1.29 is 14.6 Å². The SMILES string of the molecule is COc1ccc(CNC2=CN(Cc3cccc(CCC(=O)O)n3)Cc3c2sc2ccccc32)cc1Cl. The average Bonchev–Trinajstić information content (AvgIpc) is 3.25. The smallest absolute Gasteiger partial charge is 0.303 e. The lowest BCUT2D eigenvalue weighted by atomic mass is 10.1. The Labute approximate surface area is 218 Å². The lowest BCUT2D eigenvalue weighted by Crippen LogP contribution is -2.25. The van der Waals surface area contributed by atoms with Gasteiger partial charge in [-0.25, -0.2) is 0 Å². The zero-order valence-electron chi connectivity index (χ0n) is 19.8. The van der Waals surface area contributed by atoms with Crippen molar-refractivity contribution in [2.75, 3.05) is 7.11 Å². The van der Waals surface area contributed by atoms with Crippen LogP contribution in [0.4, 0.5) is 0 Å². The normalized spacial score (nSPS) is 12.8. The number of benzene rings is 2. The van der Waals surface area contributed by atoms with Crippen LogP contribution in [0, 0.1) is 0 Å². The monoisotopic (exact) mass is 519 g/mol. The standard InChI is InChI=1S/C28H26ClN3O3S/c1-35-25-11-9-18(13-23(25)29)14-30-24-17-32(15-20-6-4-5-19(31-20)10-12-27(33)34)16-22-21-7-2-3-8-26(21)36-28(22)24/h2-9,11,13,17,30H,10,12,14-16H2,1H3,(H,33,34). The lowest BCUT2D eigenvalue weighted by Gasteiger charge is -2.28. The number of ether oxygens (including phenoxy) is 1. The van der Waals surface area contributed by atoms with Gasteiger partial charge in [0.15, 0.2) is 0 Å². The molecule has 184 valence electrons. The third-order valence-corrected chi connectivity index (χ3v) is 7.68. The molecule has 3 heterocycles. The van der Waals surface area contributed by atoms with Crippen LogP contribution in [0.3, 0.4) is 0 Å². The van der Waals surface area contributed by atoms with Gasteiger partial charge in [0.1, 0.15) is 5.75 Å². The van der Waals surface area contributed by atoms with Crippen LogP contribution in [0.15, 0.2) is 66.9 Å². The van der Waals surface area contributed by atoms with E-state index >= 15 is 0 Å². The molecule has 0 atom stereocenters. The van der Waals surface area contributed by atoms with Crippen molar-refractivity contribution in [3.05, 3.63) is 99.3 Å². The largest absolute Gasteiger partial charge is 0.495 e. The van der Waals surface area contributed by atoms with Gasteiger partial charge >= 0.3 is 5.97 Å². The number of hydrogen-bond donors (Lipinski definition) is 2. The molecule has 0 bridgehead atoms. The summed E-state index contributed by atoms with van der Waals surface area (Å²) in [6, 6.07) is 20.1. The third-order valence-electron chi connectivity index (χ3n) is 6.14. The Bertz CT molecular complexity index is 1450. The van der Waals surface area contributed by atoms with Crippen LogP contribution in [0.2, 0.25) is 5.02 Å². The molecular weight excluding hydrogens is 494 g/mol. The van der Waals surface area contributed by atoms with Gasteiger partial charge in [-0.2, -0.15) is 0 Å². The molecule has 0 aliphatic carbocycles. The Morgan fingerprint density at radius 3 is 2.81 bits per heavy atom. The number of halogens is 1. The van der Waals surface area contributed by atoms with Crippen molar-refractivity contribution in [2.24, 2.45) is 0 Å². The predicted molar refractivity (Wildman–Crippen MR) is 144 cm³/mol. The Hall–Kier alpha value is -3.55. The van der Waals surface area contributed by atoms with Crippen LogP contribution in [0.5, 0.6) is 5.75 Å². The van der Waals surface area contributed by atoms with Gasteiger partial charge in [-0.3, -0.25) is 9.78 Å². The molecule has 0 fully saturated rings. The minimum Gasteiger partial charge on any atom is -0.495 e. The number of methoxy groups -OCH3 is 1. The molecule has 0 amide bonds. The number of carboxylic acids is 1. The number of hydrogen-bond acceptors (Lipinski definition) is 6. The molecular formula is C28H26ClN3O3S. The number of rotatable bonds is 9. The zero-order valence-corrected chi connectivity index (χ0v) is 21.4. The first kappa shape index (κ1) is 24.2. The molecule has 2 aromatic heterocycles. The maximum Gasteiger partial charge on any atom is 0.303 e. The summed E-state index contributed by atoms with van der Waals surface area (Å²) >= 11 is 8.14. The summed E-state index contributed by atoms with van der Waals surface area (Å²) < 4.78 is 6.54. The van der Waals surface area contributed by atoms with E-state index in [1.54, 1.807) is 18.4 Å². The number of thiophene rings is 1. The number of nitrogens with one attached hydrogen (secondary N) is 1. The molecule has 8 heteroatoms. The number of aliphatic carboxylic acids is 1. The van der Waals surface area contributed by atoms with Crippen molar-refractivity contribution in [3.63, 3.8) is 0 Å². The first-order chi connectivity index (χ1) is 17.5. The number of aromatic nitrogens is 1. The van der Waals surface area contributed by atoms with E-state index in [4.69, 9.17) is 26.4 Å². The first-order valence-electron chi connectivity index (χ1n) is 11.7. The molecule has 2 N–H and O–H groups in total. The average molecular weight is 520 g/mol. The maximum atomic E-state index is 11.0. The molecule has 0 unspecified atom stereocenters. The minimum atomic E-state index is -0.813. The van der Waals surface area contributed by atoms with E-state index in [1.807, 2.05) is 36.4 Å². The van der Waals surface area contributed by atoms with Gasteiger partial charge < -0.3 is 20.1 Å². The second-order valence-corrected chi connectivity index (χ2v) is 10.1. The number of pyridine rings is 1. The van der Waals surface area contributed by atoms with Crippen molar-refractivity contribution in [1.82, 2.24) is 15.2 Å². The zero-order chi connectivity index (χ0) is 25.1. The molecule has 4 aromatic rings. The number of carboxylic acid groups (broad SMARTS) is 1. The second-order valence-electron chi connectivity index (χ2n) is 8.69. The fourth-order valence-corrected chi connectivity index (χ4v) is 5.89. The van der Waals surface area contributed by atoms with Crippen LogP contribution in [-0.2, 0) is 30.8 Å². The molecule has 0 radical (unpaired) electrons. The van der Waals surface area contributed by atoms with E-state index in [1.165, 1.54) is 20.5 Å². The van der Waals surface area contributed by atoms with Gasteiger partial charge in [-0.05, 0) is 46.8 Å². The lowest BCUT2D eigenvalue weighted by molar-refractivity contribution is -0.136. The highest BCUT2D eigenvalue weighted by molar-refractivity contribution is 7.20. The van der Waals surface area contributed by atoms with Crippen molar-refractivity contribution in [2.45, 2.75) is 32.5 Å². The van der Waals surface area contributed by atoms with Crippen LogP contribution < -0.4 is 10.1 Å². The second kappa shape index (κ2) is 10.6. The highest BCUT2D eigenvalue weighted by Gasteiger charge is 2.23. The van der Waals surface area contributed by atoms with Gasteiger partial charge in [0.2, 0.25) is 0 Å². The fraction of sp³-hybridized carbons (Fsp3) is 0.214. The molecule has 0 spiro atoms. The number of fused-ring (bicyclic) bond motifs is 3. The molecule has 5 rings (SSSR count). The summed E-state index contributed by atoms with van der Waals surface area (Å²) in [6.45, 7) is 2.03. The molecule has 36 heavy (non-hydrogen) atoms. The van der Waals surface area contributed by atoms with Crippen LogP contribution in [-0.4, -0.2) is 28.1 Å². The summed E-state index contributed by atoms with van der Waals surface area (Å²) in [5.41, 5.74) is 5.14. The molecule has 2 aromatic carbocycles. The molecule has 1 aliphatic rings. The summed E-state index contributed by atoms with van der Waals surface area (Å²) in [4.78, 5) is 19.2. The Balaban J connectivity index is 1.41.